The third kappa shape index (κ3) is 2.98. The average Bonchev–Trinajstić information content (AvgIpc) is 3.00. The number of halogens is 2. The number of anilines is 1. The van der Waals surface area contributed by atoms with Gasteiger partial charge in [0.1, 0.15) is 11.5 Å². The highest BCUT2D eigenvalue weighted by Gasteiger charge is 2.25. The predicted molar refractivity (Wildman–Crippen MR) is 82.8 cm³/mol. The van der Waals surface area contributed by atoms with Gasteiger partial charge in [0.15, 0.2) is 0 Å². The Morgan fingerprint density at radius 3 is 2.65 bits per heavy atom. The molecular formula is C15H13ClFN5O. The van der Waals surface area contributed by atoms with Crippen molar-refractivity contribution in [3.63, 3.8) is 0 Å². The Kier molecular flexibility index (Phi) is 4.17. The molecule has 1 aliphatic rings. The first-order valence-electron chi connectivity index (χ1n) is 7.03. The van der Waals surface area contributed by atoms with E-state index in [0.29, 0.717) is 31.9 Å². The SMILES string of the molecule is N#Cc1ccc(N2CCN(C(=O)c3[nH]ncc3Cl)CC2)c(F)c1. The molecule has 0 radical (unpaired) electrons. The molecule has 0 atom stereocenters. The molecule has 0 unspecified atom stereocenters. The molecule has 0 aliphatic carbocycles. The number of hydrogen-bond acceptors (Lipinski definition) is 4. The Morgan fingerprint density at radius 1 is 1.35 bits per heavy atom. The van der Waals surface area contributed by atoms with E-state index in [1.54, 1.807) is 17.0 Å². The van der Waals surface area contributed by atoms with Crippen LogP contribution in [0.1, 0.15) is 16.1 Å². The van der Waals surface area contributed by atoms with Crippen LogP contribution in [0.5, 0.6) is 0 Å². The van der Waals surface area contributed by atoms with E-state index >= 15 is 0 Å². The van der Waals surface area contributed by atoms with E-state index in [9.17, 15) is 9.18 Å². The van der Waals surface area contributed by atoms with E-state index in [-0.39, 0.29) is 22.2 Å². The molecule has 1 amide bonds. The van der Waals surface area contributed by atoms with Crippen LogP contribution < -0.4 is 4.90 Å². The lowest BCUT2D eigenvalue weighted by molar-refractivity contribution is 0.0741. The number of nitrogens with one attached hydrogen (secondary N) is 1. The number of nitriles is 1. The Bertz CT molecular complexity index is 776. The number of carbonyl (C=O) groups excluding carboxylic acids is 1. The Hall–Kier alpha value is -2.59. The first-order chi connectivity index (χ1) is 11.1. The molecule has 1 fully saturated rings. The fourth-order valence-corrected chi connectivity index (χ4v) is 2.73. The number of aromatic nitrogens is 2. The summed E-state index contributed by atoms with van der Waals surface area (Å²) in [4.78, 5) is 15.8. The molecule has 1 aliphatic heterocycles. The van der Waals surface area contributed by atoms with E-state index in [1.165, 1.54) is 12.3 Å². The minimum atomic E-state index is -0.430. The first kappa shape index (κ1) is 15.3. The quantitative estimate of drug-likeness (QED) is 0.912. The first-order valence-corrected chi connectivity index (χ1v) is 7.40. The summed E-state index contributed by atoms with van der Waals surface area (Å²) in [6.45, 7) is 1.90. The molecule has 8 heteroatoms. The summed E-state index contributed by atoms with van der Waals surface area (Å²) < 4.78 is 14.0. The zero-order valence-electron chi connectivity index (χ0n) is 12.1. The van der Waals surface area contributed by atoms with Crippen molar-refractivity contribution in [1.82, 2.24) is 15.1 Å². The molecule has 23 heavy (non-hydrogen) atoms. The second-order valence-corrected chi connectivity index (χ2v) is 5.56. The predicted octanol–water partition coefficient (Wildman–Crippen LogP) is 2.04. The fraction of sp³-hybridized carbons (Fsp3) is 0.267. The number of benzene rings is 1. The van der Waals surface area contributed by atoms with Crippen molar-refractivity contribution in [2.75, 3.05) is 31.1 Å². The smallest absolute Gasteiger partial charge is 0.273 e. The highest BCUT2D eigenvalue weighted by Crippen LogP contribution is 2.23. The van der Waals surface area contributed by atoms with Crippen molar-refractivity contribution < 1.29 is 9.18 Å². The van der Waals surface area contributed by atoms with E-state index < -0.39 is 5.82 Å². The van der Waals surface area contributed by atoms with Gasteiger partial charge in [-0.1, -0.05) is 11.6 Å². The number of H-pyrrole nitrogens is 1. The molecule has 1 saturated heterocycles. The van der Waals surface area contributed by atoms with E-state index in [0.717, 1.165) is 0 Å². The van der Waals surface area contributed by atoms with Crippen molar-refractivity contribution in [2.24, 2.45) is 0 Å². The van der Waals surface area contributed by atoms with Crippen LogP contribution in [-0.2, 0) is 0 Å². The maximum Gasteiger partial charge on any atom is 0.273 e. The lowest BCUT2D eigenvalue weighted by Gasteiger charge is -2.36. The second kappa shape index (κ2) is 6.26. The molecule has 2 aromatic rings. The molecule has 0 spiro atoms. The topological polar surface area (TPSA) is 76.0 Å². The summed E-state index contributed by atoms with van der Waals surface area (Å²) in [5, 5.41) is 15.4. The summed E-state index contributed by atoms with van der Waals surface area (Å²) in [5.74, 6) is -0.645. The third-order valence-electron chi connectivity index (χ3n) is 3.79. The zero-order chi connectivity index (χ0) is 16.4. The Morgan fingerprint density at radius 2 is 2.09 bits per heavy atom. The number of aromatic amines is 1. The molecule has 1 aromatic heterocycles. The average molecular weight is 334 g/mol. The van der Waals surface area contributed by atoms with Crippen LogP contribution in [0.25, 0.3) is 0 Å². The van der Waals surface area contributed by atoms with Gasteiger partial charge < -0.3 is 9.80 Å². The summed E-state index contributed by atoms with van der Waals surface area (Å²) in [7, 11) is 0. The molecule has 0 bridgehead atoms. The van der Waals surface area contributed by atoms with Crippen LogP contribution >= 0.6 is 11.6 Å². The van der Waals surface area contributed by atoms with Crippen LogP contribution in [0.15, 0.2) is 24.4 Å². The van der Waals surface area contributed by atoms with Gasteiger partial charge >= 0.3 is 0 Å². The van der Waals surface area contributed by atoms with Crippen molar-refractivity contribution in [3.8, 4) is 6.07 Å². The van der Waals surface area contributed by atoms with Gasteiger partial charge in [-0.25, -0.2) is 4.39 Å². The van der Waals surface area contributed by atoms with Crippen LogP contribution in [0, 0.1) is 17.1 Å². The maximum absolute atomic E-state index is 14.0. The van der Waals surface area contributed by atoms with Gasteiger partial charge in [-0.3, -0.25) is 9.89 Å². The number of amides is 1. The number of rotatable bonds is 2. The van der Waals surface area contributed by atoms with Crippen molar-refractivity contribution in [1.29, 1.82) is 5.26 Å². The summed E-state index contributed by atoms with van der Waals surface area (Å²) in [6.07, 6.45) is 1.39. The Balaban J connectivity index is 1.68. The van der Waals surface area contributed by atoms with Crippen LogP contribution in [-0.4, -0.2) is 47.2 Å². The highest BCUT2D eigenvalue weighted by atomic mass is 35.5. The fourth-order valence-electron chi connectivity index (χ4n) is 2.56. The molecule has 3 rings (SSSR count). The number of carbonyl (C=O) groups is 1. The van der Waals surface area contributed by atoms with E-state index in [2.05, 4.69) is 10.2 Å². The molecule has 6 nitrogen and oxygen atoms in total. The van der Waals surface area contributed by atoms with Gasteiger partial charge in [-0.15, -0.1) is 0 Å². The van der Waals surface area contributed by atoms with Crippen LogP contribution in [0.3, 0.4) is 0 Å². The van der Waals surface area contributed by atoms with Crippen molar-refractivity contribution >= 4 is 23.2 Å². The zero-order valence-corrected chi connectivity index (χ0v) is 12.8. The van der Waals surface area contributed by atoms with Crippen LogP contribution in [0.2, 0.25) is 5.02 Å². The third-order valence-corrected chi connectivity index (χ3v) is 4.08. The van der Waals surface area contributed by atoms with Crippen molar-refractivity contribution in [3.05, 3.63) is 46.5 Å². The van der Waals surface area contributed by atoms with Gasteiger partial charge in [-0.2, -0.15) is 10.4 Å². The largest absolute Gasteiger partial charge is 0.366 e. The minimum absolute atomic E-state index is 0.215. The minimum Gasteiger partial charge on any atom is -0.366 e. The normalized spacial score (nSPS) is 14.7. The molecule has 1 N–H and O–H groups in total. The van der Waals surface area contributed by atoms with Gasteiger partial charge in [0.05, 0.1) is 28.5 Å². The molecule has 118 valence electrons. The maximum atomic E-state index is 14.0. The van der Waals surface area contributed by atoms with Gasteiger partial charge in [-0.05, 0) is 18.2 Å². The number of hydrogen-bond donors (Lipinski definition) is 1. The molecule has 2 heterocycles. The molecular weight excluding hydrogens is 321 g/mol. The Labute approximate surface area is 137 Å². The van der Waals surface area contributed by atoms with Gasteiger partial charge in [0.25, 0.3) is 5.91 Å². The van der Waals surface area contributed by atoms with Crippen molar-refractivity contribution in [2.45, 2.75) is 0 Å². The lowest BCUT2D eigenvalue weighted by atomic mass is 10.1. The summed E-state index contributed by atoms with van der Waals surface area (Å²) in [5.41, 5.74) is 0.995. The summed E-state index contributed by atoms with van der Waals surface area (Å²) >= 11 is 5.90. The van der Waals surface area contributed by atoms with E-state index in [1.807, 2.05) is 11.0 Å². The van der Waals surface area contributed by atoms with Crippen LogP contribution in [0.4, 0.5) is 10.1 Å². The standard InChI is InChI=1S/C15H13ClFN5O/c16-11-9-19-20-14(11)15(23)22-5-3-21(4-6-22)13-2-1-10(8-18)7-12(13)17/h1-2,7,9H,3-6H2,(H,19,20). The van der Waals surface area contributed by atoms with E-state index in [4.69, 9.17) is 16.9 Å². The van der Waals surface area contributed by atoms with Gasteiger partial charge in [0.2, 0.25) is 0 Å². The molecule has 1 aromatic carbocycles. The highest BCUT2D eigenvalue weighted by molar-refractivity contribution is 6.33. The number of piperazine rings is 1. The summed E-state index contributed by atoms with van der Waals surface area (Å²) in [6, 6.07) is 6.31. The number of nitrogens with zero attached hydrogens (tertiary/aromatic N) is 4. The van der Waals surface area contributed by atoms with Gasteiger partial charge in [0, 0.05) is 26.2 Å². The second-order valence-electron chi connectivity index (χ2n) is 5.15. The lowest BCUT2D eigenvalue weighted by Crippen LogP contribution is -2.49. The molecule has 0 saturated carbocycles. The monoisotopic (exact) mass is 333 g/mol.